The lowest BCUT2D eigenvalue weighted by Gasteiger charge is -2.09. The van der Waals surface area contributed by atoms with E-state index in [-0.39, 0.29) is 0 Å². The maximum absolute atomic E-state index is 6.12. The van der Waals surface area contributed by atoms with Gasteiger partial charge in [-0.05, 0) is 19.1 Å². The molecule has 2 N–H and O–H groups in total. The van der Waals surface area contributed by atoms with Crippen LogP contribution < -0.4 is 5.32 Å². The molecular formula is C12H12Cl3N3. The van der Waals surface area contributed by atoms with Gasteiger partial charge in [-0.3, -0.25) is 5.10 Å². The number of nitrogens with one attached hydrogen (secondary N) is 2. The van der Waals surface area contributed by atoms with Crippen molar-refractivity contribution < 1.29 is 0 Å². The van der Waals surface area contributed by atoms with Gasteiger partial charge in [-0.2, -0.15) is 5.10 Å². The van der Waals surface area contributed by atoms with Crippen molar-refractivity contribution in [2.45, 2.75) is 20.0 Å². The molecule has 1 aromatic heterocycles. The molecule has 0 saturated carbocycles. The molecule has 0 amide bonds. The second-order valence-electron chi connectivity index (χ2n) is 3.95. The molecule has 1 aromatic carbocycles. The van der Waals surface area contributed by atoms with Crippen molar-refractivity contribution in [3.63, 3.8) is 0 Å². The highest BCUT2D eigenvalue weighted by Crippen LogP contribution is 2.31. The fourth-order valence-corrected chi connectivity index (χ4v) is 2.29. The molecule has 96 valence electrons. The number of hydrogen-bond donors (Lipinski definition) is 2. The van der Waals surface area contributed by atoms with Gasteiger partial charge in [0.15, 0.2) is 0 Å². The van der Waals surface area contributed by atoms with Crippen LogP contribution in [0.15, 0.2) is 18.3 Å². The van der Waals surface area contributed by atoms with Crippen molar-refractivity contribution in [2.75, 3.05) is 0 Å². The third kappa shape index (κ3) is 2.98. The van der Waals surface area contributed by atoms with Gasteiger partial charge in [-0.15, -0.1) is 0 Å². The van der Waals surface area contributed by atoms with E-state index >= 15 is 0 Å². The van der Waals surface area contributed by atoms with Crippen molar-refractivity contribution in [1.82, 2.24) is 15.5 Å². The minimum atomic E-state index is 0.501. The molecule has 0 bridgehead atoms. The molecule has 0 atom stereocenters. The summed E-state index contributed by atoms with van der Waals surface area (Å²) in [4.78, 5) is 0. The quantitative estimate of drug-likeness (QED) is 0.839. The van der Waals surface area contributed by atoms with Crippen molar-refractivity contribution in [3.8, 4) is 0 Å². The van der Waals surface area contributed by atoms with Crippen molar-refractivity contribution in [1.29, 1.82) is 0 Å². The van der Waals surface area contributed by atoms with Gasteiger partial charge in [-0.25, -0.2) is 0 Å². The topological polar surface area (TPSA) is 40.7 Å². The molecule has 0 radical (unpaired) electrons. The zero-order valence-electron chi connectivity index (χ0n) is 9.73. The van der Waals surface area contributed by atoms with Crippen LogP contribution in [0.3, 0.4) is 0 Å². The Kier molecular flexibility index (Phi) is 4.51. The van der Waals surface area contributed by atoms with E-state index in [2.05, 4.69) is 15.5 Å². The number of aromatic nitrogens is 2. The number of aryl methyl sites for hydroxylation is 1. The summed E-state index contributed by atoms with van der Waals surface area (Å²) in [5.41, 5.74) is 2.97. The molecule has 0 fully saturated rings. The van der Waals surface area contributed by atoms with Crippen LogP contribution in [-0.4, -0.2) is 10.2 Å². The smallest absolute Gasteiger partial charge is 0.0652 e. The molecule has 18 heavy (non-hydrogen) atoms. The third-order valence-corrected chi connectivity index (χ3v) is 3.89. The Morgan fingerprint density at radius 3 is 2.56 bits per heavy atom. The fourth-order valence-electron chi connectivity index (χ4n) is 1.61. The van der Waals surface area contributed by atoms with E-state index in [0.29, 0.717) is 28.2 Å². The fraction of sp³-hybridized carbons (Fsp3) is 0.250. The number of benzene rings is 1. The summed E-state index contributed by atoms with van der Waals surface area (Å²) >= 11 is 18.2. The van der Waals surface area contributed by atoms with Crippen LogP contribution >= 0.6 is 34.8 Å². The van der Waals surface area contributed by atoms with E-state index in [4.69, 9.17) is 34.8 Å². The normalized spacial score (nSPS) is 10.9. The molecule has 0 aliphatic heterocycles. The maximum atomic E-state index is 6.12. The predicted molar refractivity (Wildman–Crippen MR) is 75.3 cm³/mol. The summed E-state index contributed by atoms with van der Waals surface area (Å²) < 4.78 is 0. The van der Waals surface area contributed by atoms with Crippen LogP contribution in [0.4, 0.5) is 0 Å². The lowest BCUT2D eigenvalue weighted by atomic mass is 10.2. The Labute approximate surface area is 120 Å². The minimum Gasteiger partial charge on any atom is -0.308 e. The predicted octanol–water partition coefficient (Wildman–Crippen LogP) is 3.97. The maximum Gasteiger partial charge on any atom is 0.0652 e. The number of nitrogens with zero attached hydrogens (tertiary/aromatic N) is 1. The molecule has 0 spiro atoms. The second kappa shape index (κ2) is 5.93. The summed E-state index contributed by atoms with van der Waals surface area (Å²) in [6, 6.07) is 3.44. The van der Waals surface area contributed by atoms with Gasteiger partial charge in [0, 0.05) is 34.9 Å². The largest absolute Gasteiger partial charge is 0.308 e. The van der Waals surface area contributed by atoms with Crippen molar-refractivity contribution >= 4 is 34.8 Å². The summed E-state index contributed by atoms with van der Waals surface area (Å²) in [5.74, 6) is 0. The van der Waals surface area contributed by atoms with E-state index in [9.17, 15) is 0 Å². The molecule has 2 rings (SSSR count). The van der Waals surface area contributed by atoms with E-state index in [0.717, 1.165) is 16.8 Å². The molecule has 6 heteroatoms. The first-order chi connectivity index (χ1) is 8.59. The Hall–Kier alpha value is -0.740. The SMILES string of the molecule is Cc1[nH]ncc1CNCc1c(Cl)ccc(Cl)c1Cl. The van der Waals surface area contributed by atoms with Gasteiger partial charge in [-0.1, -0.05) is 34.8 Å². The first-order valence-corrected chi connectivity index (χ1v) is 6.55. The van der Waals surface area contributed by atoms with Crippen LogP contribution in [0, 0.1) is 6.92 Å². The monoisotopic (exact) mass is 303 g/mol. The van der Waals surface area contributed by atoms with Crippen molar-refractivity contribution in [2.24, 2.45) is 0 Å². The van der Waals surface area contributed by atoms with Gasteiger partial charge < -0.3 is 5.32 Å². The average molecular weight is 305 g/mol. The zero-order chi connectivity index (χ0) is 13.1. The minimum absolute atomic E-state index is 0.501. The number of aromatic amines is 1. The highest BCUT2D eigenvalue weighted by atomic mass is 35.5. The highest BCUT2D eigenvalue weighted by molar-refractivity contribution is 6.44. The summed E-state index contributed by atoms with van der Waals surface area (Å²) in [7, 11) is 0. The average Bonchev–Trinajstić information content (AvgIpc) is 2.74. The first-order valence-electron chi connectivity index (χ1n) is 5.41. The molecule has 0 aliphatic carbocycles. The molecule has 1 heterocycles. The first kappa shape index (κ1) is 13.7. The Bertz CT molecular complexity index is 551. The van der Waals surface area contributed by atoms with E-state index in [1.807, 2.05) is 6.92 Å². The molecule has 0 saturated heterocycles. The van der Waals surface area contributed by atoms with Crippen LogP contribution in [0.1, 0.15) is 16.8 Å². The summed E-state index contributed by atoms with van der Waals surface area (Å²) in [5, 5.41) is 11.7. The van der Waals surface area contributed by atoms with Gasteiger partial charge in [0.1, 0.15) is 0 Å². The van der Waals surface area contributed by atoms with Gasteiger partial charge >= 0.3 is 0 Å². The molecule has 0 unspecified atom stereocenters. The third-order valence-electron chi connectivity index (χ3n) is 2.69. The van der Waals surface area contributed by atoms with Crippen molar-refractivity contribution in [3.05, 3.63) is 50.2 Å². The summed E-state index contributed by atoms with van der Waals surface area (Å²) in [6.45, 7) is 3.23. The van der Waals surface area contributed by atoms with E-state index < -0.39 is 0 Å². The molecule has 0 aliphatic rings. The highest BCUT2D eigenvalue weighted by Gasteiger charge is 2.09. The molecule has 3 nitrogen and oxygen atoms in total. The Morgan fingerprint density at radius 1 is 1.17 bits per heavy atom. The van der Waals surface area contributed by atoms with Crippen LogP contribution in [0.2, 0.25) is 15.1 Å². The zero-order valence-corrected chi connectivity index (χ0v) is 12.0. The van der Waals surface area contributed by atoms with Crippen LogP contribution in [-0.2, 0) is 13.1 Å². The van der Waals surface area contributed by atoms with Gasteiger partial charge in [0.05, 0.1) is 16.2 Å². The number of hydrogen-bond acceptors (Lipinski definition) is 2. The number of halogens is 3. The lowest BCUT2D eigenvalue weighted by molar-refractivity contribution is 0.691. The van der Waals surface area contributed by atoms with Gasteiger partial charge in [0.25, 0.3) is 0 Å². The second-order valence-corrected chi connectivity index (χ2v) is 5.14. The van der Waals surface area contributed by atoms with Crippen LogP contribution in [0.25, 0.3) is 0 Å². The van der Waals surface area contributed by atoms with E-state index in [1.165, 1.54) is 0 Å². The van der Waals surface area contributed by atoms with Gasteiger partial charge in [0.2, 0.25) is 0 Å². The Balaban J connectivity index is 2.03. The standard InChI is InChI=1S/C12H12Cl3N3/c1-7-8(5-17-18-7)4-16-6-9-10(13)2-3-11(14)12(9)15/h2-3,5,16H,4,6H2,1H3,(H,17,18). The number of H-pyrrole nitrogens is 1. The number of rotatable bonds is 4. The van der Waals surface area contributed by atoms with Crippen LogP contribution in [0.5, 0.6) is 0 Å². The molecule has 2 aromatic rings. The van der Waals surface area contributed by atoms with E-state index in [1.54, 1.807) is 18.3 Å². The Morgan fingerprint density at radius 2 is 1.89 bits per heavy atom. The summed E-state index contributed by atoms with van der Waals surface area (Å²) in [6.07, 6.45) is 1.80. The lowest BCUT2D eigenvalue weighted by Crippen LogP contribution is -2.13. The molecular weight excluding hydrogens is 293 g/mol.